The van der Waals surface area contributed by atoms with Crippen LogP contribution in [0.2, 0.25) is 0 Å². The smallest absolute Gasteiger partial charge is 0.416 e. The molecule has 0 heterocycles. The van der Waals surface area contributed by atoms with Crippen molar-refractivity contribution in [2.75, 3.05) is 24.5 Å². The zero-order valence-corrected chi connectivity index (χ0v) is 23.7. The van der Waals surface area contributed by atoms with Gasteiger partial charge in [0, 0.05) is 13.1 Å². The predicted octanol–water partition coefficient (Wildman–Crippen LogP) is 4.85. The fraction of sp³-hybridized carbons (Fsp3) is 0.310. The first-order chi connectivity index (χ1) is 19.4. The highest BCUT2D eigenvalue weighted by Crippen LogP contribution is 2.33. The van der Waals surface area contributed by atoms with Gasteiger partial charge < -0.3 is 15.0 Å². The lowest BCUT2D eigenvalue weighted by atomic mass is 10.1. The molecular formula is C29H32F3N3O5S. The van der Waals surface area contributed by atoms with E-state index in [4.69, 9.17) is 4.74 Å². The highest BCUT2D eigenvalue weighted by Gasteiger charge is 2.35. The van der Waals surface area contributed by atoms with Crippen molar-refractivity contribution >= 4 is 27.5 Å². The maximum absolute atomic E-state index is 13.8. The van der Waals surface area contributed by atoms with Gasteiger partial charge in [-0.1, -0.05) is 43.3 Å². The Labute approximate surface area is 237 Å². The Bertz CT molecular complexity index is 1430. The first kappa shape index (κ1) is 31.5. The summed E-state index contributed by atoms with van der Waals surface area (Å²) in [4.78, 5) is 27.7. The predicted molar refractivity (Wildman–Crippen MR) is 149 cm³/mol. The second kappa shape index (κ2) is 13.5. The summed E-state index contributed by atoms with van der Waals surface area (Å²) in [6.45, 7) is 2.83. The molecule has 3 rings (SSSR count). The number of rotatable bonds is 12. The number of methoxy groups -OCH3 is 1. The molecule has 0 unspecified atom stereocenters. The molecule has 220 valence electrons. The average molecular weight is 592 g/mol. The van der Waals surface area contributed by atoms with E-state index in [9.17, 15) is 31.2 Å². The van der Waals surface area contributed by atoms with Gasteiger partial charge in [0.05, 0.1) is 23.3 Å². The highest BCUT2D eigenvalue weighted by atomic mass is 32.2. The number of hydrogen-bond acceptors (Lipinski definition) is 5. The van der Waals surface area contributed by atoms with Crippen LogP contribution in [0.5, 0.6) is 5.75 Å². The van der Waals surface area contributed by atoms with Crippen molar-refractivity contribution in [3.8, 4) is 5.75 Å². The maximum atomic E-state index is 13.8. The van der Waals surface area contributed by atoms with Gasteiger partial charge in [-0.2, -0.15) is 13.2 Å². The molecule has 0 aliphatic carbocycles. The van der Waals surface area contributed by atoms with Crippen molar-refractivity contribution in [3.05, 3.63) is 90.0 Å². The van der Waals surface area contributed by atoms with E-state index in [0.29, 0.717) is 34.7 Å². The normalized spacial score (nSPS) is 12.3. The summed E-state index contributed by atoms with van der Waals surface area (Å²) in [5.41, 5.74) is -0.784. The van der Waals surface area contributed by atoms with Gasteiger partial charge in [-0.3, -0.25) is 13.9 Å². The monoisotopic (exact) mass is 591 g/mol. The molecule has 1 N–H and O–H groups in total. The third kappa shape index (κ3) is 8.00. The van der Waals surface area contributed by atoms with Gasteiger partial charge in [-0.15, -0.1) is 0 Å². The summed E-state index contributed by atoms with van der Waals surface area (Å²) >= 11 is 0. The number of nitrogens with zero attached hydrogens (tertiary/aromatic N) is 2. The summed E-state index contributed by atoms with van der Waals surface area (Å²) in [6.07, 6.45) is -4.09. The number of sulfonamides is 1. The van der Waals surface area contributed by atoms with Crippen LogP contribution >= 0.6 is 0 Å². The zero-order chi connectivity index (χ0) is 30.2. The molecule has 12 heteroatoms. The molecule has 0 spiro atoms. The first-order valence-corrected chi connectivity index (χ1v) is 14.3. The van der Waals surface area contributed by atoms with Gasteiger partial charge in [0.15, 0.2) is 0 Å². The third-order valence-corrected chi connectivity index (χ3v) is 8.09. The Morgan fingerprint density at radius 2 is 1.63 bits per heavy atom. The van der Waals surface area contributed by atoms with Crippen LogP contribution in [0, 0.1) is 0 Å². The summed E-state index contributed by atoms with van der Waals surface area (Å²) in [7, 11) is -2.99. The van der Waals surface area contributed by atoms with Crippen LogP contribution in [-0.2, 0) is 32.3 Å². The van der Waals surface area contributed by atoms with Crippen LogP contribution in [0.3, 0.4) is 0 Å². The van der Waals surface area contributed by atoms with Crippen LogP contribution in [0.4, 0.5) is 18.9 Å². The SMILES string of the molecule is CCCNC(=O)[C@@H](C)N(Cc1ccc(OC)cc1)C(=O)CN(c1cccc(C(F)(F)F)c1)S(=O)(=O)c1ccccc1. The molecule has 3 aromatic carbocycles. The summed E-state index contributed by atoms with van der Waals surface area (Å²) in [5, 5.41) is 2.73. The largest absolute Gasteiger partial charge is 0.497 e. The molecule has 0 aromatic heterocycles. The third-order valence-electron chi connectivity index (χ3n) is 6.30. The second-order valence-corrected chi connectivity index (χ2v) is 11.1. The number of benzene rings is 3. The number of ether oxygens (including phenoxy) is 1. The summed E-state index contributed by atoms with van der Waals surface area (Å²) in [5.74, 6) is -0.660. The fourth-order valence-electron chi connectivity index (χ4n) is 3.99. The number of nitrogens with one attached hydrogen (secondary N) is 1. The molecule has 0 radical (unpaired) electrons. The molecule has 0 saturated carbocycles. The van der Waals surface area contributed by atoms with Crippen molar-refractivity contribution in [1.82, 2.24) is 10.2 Å². The molecule has 0 aliphatic heterocycles. The molecule has 41 heavy (non-hydrogen) atoms. The van der Waals surface area contributed by atoms with Gasteiger partial charge in [0.2, 0.25) is 11.8 Å². The van der Waals surface area contributed by atoms with Gasteiger partial charge in [0.1, 0.15) is 18.3 Å². The Morgan fingerprint density at radius 1 is 0.976 bits per heavy atom. The van der Waals surface area contributed by atoms with E-state index in [2.05, 4.69) is 5.32 Å². The fourth-order valence-corrected chi connectivity index (χ4v) is 5.42. The molecule has 1 atom stereocenters. The Balaban J connectivity index is 2.06. The van der Waals surface area contributed by atoms with E-state index in [1.807, 2.05) is 6.92 Å². The average Bonchev–Trinajstić information content (AvgIpc) is 2.97. The topological polar surface area (TPSA) is 96.0 Å². The minimum atomic E-state index is -4.74. The molecule has 3 aromatic rings. The Morgan fingerprint density at radius 3 is 2.22 bits per heavy atom. The number of hydrogen-bond donors (Lipinski definition) is 1. The first-order valence-electron chi connectivity index (χ1n) is 12.8. The van der Waals surface area contributed by atoms with Gasteiger partial charge in [-0.05, 0) is 61.4 Å². The summed E-state index contributed by atoms with van der Waals surface area (Å²) in [6, 6.07) is 16.6. The van der Waals surface area contributed by atoms with E-state index < -0.39 is 46.2 Å². The molecule has 8 nitrogen and oxygen atoms in total. The lowest BCUT2D eigenvalue weighted by molar-refractivity contribution is -0.139. The highest BCUT2D eigenvalue weighted by molar-refractivity contribution is 7.92. The van der Waals surface area contributed by atoms with Gasteiger partial charge >= 0.3 is 6.18 Å². The Hall–Kier alpha value is -4.06. The van der Waals surface area contributed by atoms with E-state index in [1.54, 1.807) is 30.3 Å². The van der Waals surface area contributed by atoms with Crippen molar-refractivity contribution in [2.24, 2.45) is 0 Å². The maximum Gasteiger partial charge on any atom is 0.416 e. The minimum absolute atomic E-state index is 0.0641. The number of anilines is 1. The second-order valence-electron chi connectivity index (χ2n) is 9.21. The van der Waals surface area contributed by atoms with Crippen molar-refractivity contribution in [2.45, 2.75) is 43.9 Å². The minimum Gasteiger partial charge on any atom is -0.497 e. The number of alkyl halides is 3. The van der Waals surface area contributed by atoms with Crippen molar-refractivity contribution in [3.63, 3.8) is 0 Å². The zero-order valence-electron chi connectivity index (χ0n) is 22.9. The van der Waals surface area contributed by atoms with E-state index >= 15 is 0 Å². The quantitative estimate of drug-likeness (QED) is 0.325. The van der Waals surface area contributed by atoms with E-state index in [1.165, 1.54) is 49.3 Å². The molecule has 2 amide bonds. The molecule has 0 fully saturated rings. The van der Waals surface area contributed by atoms with Crippen LogP contribution < -0.4 is 14.4 Å². The number of halogens is 3. The summed E-state index contributed by atoms with van der Waals surface area (Å²) < 4.78 is 73.8. The van der Waals surface area contributed by atoms with Crippen LogP contribution in [0.25, 0.3) is 0 Å². The lowest BCUT2D eigenvalue weighted by Gasteiger charge is -2.32. The number of carbonyl (C=O) groups excluding carboxylic acids is 2. The van der Waals surface area contributed by atoms with E-state index in [-0.39, 0.29) is 17.1 Å². The molecule has 0 aliphatic rings. The molecule has 0 bridgehead atoms. The van der Waals surface area contributed by atoms with Gasteiger partial charge in [0.25, 0.3) is 10.0 Å². The van der Waals surface area contributed by atoms with Crippen molar-refractivity contribution < 1.29 is 35.9 Å². The van der Waals surface area contributed by atoms with Crippen LogP contribution in [0.1, 0.15) is 31.4 Å². The molecule has 0 saturated heterocycles. The molecular weight excluding hydrogens is 559 g/mol. The van der Waals surface area contributed by atoms with Crippen LogP contribution in [0.15, 0.2) is 83.8 Å². The Kier molecular flexibility index (Phi) is 10.4. The van der Waals surface area contributed by atoms with Crippen LogP contribution in [-0.4, -0.2) is 51.4 Å². The number of amides is 2. The van der Waals surface area contributed by atoms with E-state index in [0.717, 1.165) is 12.1 Å². The van der Waals surface area contributed by atoms with Crippen molar-refractivity contribution in [1.29, 1.82) is 0 Å². The number of carbonyl (C=O) groups is 2. The van der Waals surface area contributed by atoms with Gasteiger partial charge in [-0.25, -0.2) is 8.42 Å². The standard InChI is InChI=1S/C29H32F3N3O5S/c1-4-17-33-28(37)21(2)34(19-22-13-15-25(40-3)16-14-22)27(36)20-35(41(38,39)26-11-6-5-7-12-26)24-10-8-9-23(18-24)29(30,31)32/h5-16,18,21H,4,17,19-20H2,1-3H3,(H,33,37)/t21-/m1/s1. The lowest BCUT2D eigenvalue weighted by Crippen LogP contribution is -2.51.